The van der Waals surface area contributed by atoms with Crippen LogP contribution < -0.4 is 0 Å². The van der Waals surface area contributed by atoms with Crippen LogP contribution in [0.2, 0.25) is 0 Å². The van der Waals surface area contributed by atoms with Gasteiger partial charge in [0, 0.05) is 31.5 Å². The van der Waals surface area contributed by atoms with Crippen molar-refractivity contribution in [1.82, 2.24) is 14.7 Å². The third-order valence-corrected chi connectivity index (χ3v) is 4.23. The third-order valence-electron chi connectivity index (χ3n) is 2.96. The van der Waals surface area contributed by atoms with E-state index in [9.17, 15) is 0 Å². The van der Waals surface area contributed by atoms with E-state index >= 15 is 0 Å². The van der Waals surface area contributed by atoms with Gasteiger partial charge in [0.25, 0.3) is 0 Å². The van der Waals surface area contributed by atoms with Gasteiger partial charge in [-0.1, -0.05) is 22.9 Å². The normalized spacial score (nSPS) is 11.8. The Kier molecular flexibility index (Phi) is 6.17. The maximum absolute atomic E-state index is 4.53. The summed E-state index contributed by atoms with van der Waals surface area (Å²) in [4.78, 5) is 2.44. The first-order valence-electron chi connectivity index (χ1n) is 6.01. The largest absolute Gasteiger partial charge is 0.294 e. The van der Waals surface area contributed by atoms with Gasteiger partial charge in [-0.3, -0.25) is 9.58 Å². The van der Waals surface area contributed by atoms with Crippen molar-refractivity contribution in [3.63, 3.8) is 0 Å². The lowest BCUT2D eigenvalue weighted by Crippen LogP contribution is -2.32. The molecule has 17 heavy (non-hydrogen) atoms. The van der Waals surface area contributed by atoms with Gasteiger partial charge in [-0.05, 0) is 36.2 Å². The molecule has 0 aromatic carbocycles. The first-order valence-corrected chi connectivity index (χ1v) is 7.92. The number of hydrogen-bond acceptors (Lipinski definition) is 2. The topological polar surface area (TPSA) is 21.1 Å². The number of aromatic nitrogens is 2. The molecule has 0 N–H and O–H groups in total. The molecule has 0 spiro atoms. The van der Waals surface area contributed by atoms with Crippen molar-refractivity contribution >= 4 is 31.9 Å². The van der Waals surface area contributed by atoms with Crippen molar-refractivity contribution in [2.24, 2.45) is 7.05 Å². The lowest BCUT2D eigenvalue weighted by molar-refractivity contribution is 0.221. The minimum absolute atomic E-state index is 0.541. The summed E-state index contributed by atoms with van der Waals surface area (Å²) in [5, 5.41) is 5.53. The van der Waals surface area contributed by atoms with E-state index < -0.39 is 0 Å². The van der Waals surface area contributed by atoms with E-state index in [1.165, 1.54) is 10.2 Å². The van der Waals surface area contributed by atoms with E-state index in [1.54, 1.807) is 0 Å². The van der Waals surface area contributed by atoms with Gasteiger partial charge in [0.1, 0.15) is 0 Å². The Hall–Kier alpha value is 0.130. The Morgan fingerprint density at radius 3 is 2.47 bits per heavy atom. The first kappa shape index (κ1) is 15.2. The molecule has 98 valence electrons. The molecule has 0 saturated heterocycles. The van der Waals surface area contributed by atoms with Crippen molar-refractivity contribution in [2.45, 2.75) is 39.8 Å². The molecule has 0 bridgehead atoms. The number of rotatable bonds is 6. The molecule has 1 rings (SSSR count). The van der Waals surface area contributed by atoms with E-state index in [1.807, 2.05) is 11.7 Å². The van der Waals surface area contributed by atoms with E-state index in [-0.39, 0.29) is 0 Å². The fourth-order valence-electron chi connectivity index (χ4n) is 1.81. The van der Waals surface area contributed by atoms with Crippen molar-refractivity contribution < 1.29 is 0 Å². The summed E-state index contributed by atoms with van der Waals surface area (Å²) in [6, 6.07) is 0.541. The second kappa shape index (κ2) is 6.90. The maximum atomic E-state index is 4.53. The summed E-state index contributed by atoms with van der Waals surface area (Å²) in [6.45, 7) is 8.58. The summed E-state index contributed by atoms with van der Waals surface area (Å²) >= 11 is 7.18. The Labute approximate surface area is 121 Å². The monoisotopic (exact) mass is 365 g/mol. The maximum Gasteiger partial charge on any atom is 0.0767 e. The van der Waals surface area contributed by atoms with Crippen molar-refractivity contribution in [1.29, 1.82) is 0 Å². The standard InChI is InChI=1S/C12H21Br2N3/c1-5-10-12(14)11(16(4)15-10)8-17(7-6-13)9(2)3/h9H,5-8H2,1-4H3. The number of alkyl halides is 1. The van der Waals surface area contributed by atoms with Gasteiger partial charge in [-0.2, -0.15) is 5.10 Å². The summed E-state index contributed by atoms with van der Waals surface area (Å²) in [7, 11) is 2.02. The zero-order chi connectivity index (χ0) is 13.0. The SMILES string of the molecule is CCc1nn(C)c(CN(CCBr)C(C)C)c1Br. The molecule has 0 aliphatic rings. The molecular weight excluding hydrogens is 346 g/mol. The molecule has 0 saturated carbocycles. The van der Waals surface area contributed by atoms with Crippen LogP contribution in [0, 0.1) is 0 Å². The molecule has 0 unspecified atom stereocenters. The Morgan fingerprint density at radius 1 is 1.41 bits per heavy atom. The molecule has 1 heterocycles. The summed E-state index contributed by atoms with van der Waals surface area (Å²) in [5.41, 5.74) is 2.40. The smallest absolute Gasteiger partial charge is 0.0767 e. The van der Waals surface area contributed by atoms with Gasteiger partial charge in [0.2, 0.25) is 0 Å². The molecule has 0 aliphatic heterocycles. The van der Waals surface area contributed by atoms with Crippen LogP contribution in [-0.2, 0) is 20.0 Å². The highest BCUT2D eigenvalue weighted by atomic mass is 79.9. The van der Waals surface area contributed by atoms with Crippen LogP contribution in [-0.4, -0.2) is 32.6 Å². The fourth-order valence-corrected chi connectivity index (χ4v) is 3.01. The van der Waals surface area contributed by atoms with Crippen LogP contribution in [0.3, 0.4) is 0 Å². The number of halogens is 2. The van der Waals surface area contributed by atoms with Gasteiger partial charge in [-0.15, -0.1) is 0 Å². The van der Waals surface area contributed by atoms with Crippen LogP contribution in [0.1, 0.15) is 32.2 Å². The minimum Gasteiger partial charge on any atom is -0.294 e. The molecule has 0 amide bonds. The number of hydrogen-bond donors (Lipinski definition) is 0. The second-order valence-electron chi connectivity index (χ2n) is 4.44. The average Bonchev–Trinajstić information content (AvgIpc) is 2.55. The van der Waals surface area contributed by atoms with Crippen LogP contribution in [0.15, 0.2) is 4.47 Å². The van der Waals surface area contributed by atoms with Crippen LogP contribution in [0.25, 0.3) is 0 Å². The van der Waals surface area contributed by atoms with Crippen LogP contribution in [0.5, 0.6) is 0 Å². The van der Waals surface area contributed by atoms with Crippen molar-refractivity contribution in [2.75, 3.05) is 11.9 Å². The Morgan fingerprint density at radius 2 is 2.06 bits per heavy atom. The first-order chi connectivity index (χ1) is 8.01. The minimum atomic E-state index is 0.541. The van der Waals surface area contributed by atoms with Gasteiger partial charge in [0.15, 0.2) is 0 Å². The van der Waals surface area contributed by atoms with E-state index in [2.05, 4.69) is 62.6 Å². The molecule has 5 heteroatoms. The van der Waals surface area contributed by atoms with Gasteiger partial charge in [-0.25, -0.2) is 0 Å². The highest BCUT2D eigenvalue weighted by Gasteiger charge is 2.17. The third kappa shape index (κ3) is 3.80. The van der Waals surface area contributed by atoms with E-state index in [0.29, 0.717) is 6.04 Å². The fraction of sp³-hybridized carbons (Fsp3) is 0.750. The van der Waals surface area contributed by atoms with Gasteiger partial charge >= 0.3 is 0 Å². The lowest BCUT2D eigenvalue weighted by Gasteiger charge is -2.25. The van der Waals surface area contributed by atoms with Gasteiger partial charge < -0.3 is 0 Å². The van der Waals surface area contributed by atoms with Crippen molar-refractivity contribution in [3.8, 4) is 0 Å². The Balaban J connectivity index is 2.88. The Bertz CT molecular complexity index is 361. The molecule has 0 atom stereocenters. The quantitative estimate of drug-likeness (QED) is 0.720. The lowest BCUT2D eigenvalue weighted by atomic mass is 10.2. The summed E-state index contributed by atoms with van der Waals surface area (Å²) in [5.74, 6) is 0. The molecule has 0 radical (unpaired) electrons. The average molecular weight is 367 g/mol. The zero-order valence-electron chi connectivity index (χ0n) is 11.0. The number of nitrogens with zero attached hydrogens (tertiary/aromatic N) is 3. The number of aryl methyl sites for hydroxylation is 2. The molecule has 3 nitrogen and oxygen atoms in total. The molecule has 1 aromatic heterocycles. The van der Waals surface area contributed by atoms with Crippen molar-refractivity contribution in [3.05, 3.63) is 15.9 Å². The predicted octanol–water partition coefficient (Wildman–Crippen LogP) is 3.35. The van der Waals surface area contributed by atoms with E-state index in [4.69, 9.17) is 0 Å². The molecule has 1 aromatic rings. The highest BCUT2D eigenvalue weighted by Crippen LogP contribution is 2.23. The van der Waals surface area contributed by atoms with Crippen LogP contribution in [0.4, 0.5) is 0 Å². The summed E-state index contributed by atoms with van der Waals surface area (Å²) in [6.07, 6.45) is 0.967. The predicted molar refractivity (Wildman–Crippen MR) is 79.6 cm³/mol. The molecule has 0 aliphatic carbocycles. The van der Waals surface area contributed by atoms with Crippen LogP contribution >= 0.6 is 31.9 Å². The second-order valence-corrected chi connectivity index (χ2v) is 6.02. The summed E-state index contributed by atoms with van der Waals surface area (Å²) < 4.78 is 3.16. The highest BCUT2D eigenvalue weighted by molar-refractivity contribution is 9.10. The molecular formula is C12H21Br2N3. The zero-order valence-corrected chi connectivity index (χ0v) is 14.2. The van der Waals surface area contributed by atoms with E-state index in [0.717, 1.165) is 30.5 Å². The van der Waals surface area contributed by atoms with Gasteiger partial charge in [0.05, 0.1) is 15.9 Å². The molecule has 0 fully saturated rings.